The Labute approximate surface area is 129 Å². The van der Waals surface area contributed by atoms with Crippen LogP contribution in [0.25, 0.3) is 5.76 Å². The van der Waals surface area contributed by atoms with E-state index in [9.17, 15) is 15.0 Å². The molecule has 0 bridgehead atoms. The van der Waals surface area contributed by atoms with Crippen molar-refractivity contribution in [2.24, 2.45) is 0 Å². The number of carbonyl (C=O) groups is 1. The molecular weight excluding hydrogens is 278 g/mol. The lowest BCUT2D eigenvalue weighted by molar-refractivity contribution is -0.116. The summed E-state index contributed by atoms with van der Waals surface area (Å²) in [5.74, 6) is -0.200. The molecule has 0 atom stereocenters. The van der Waals surface area contributed by atoms with Gasteiger partial charge in [0.15, 0.2) is 0 Å². The number of allylic oxidation sites excluding steroid dienone is 7. The van der Waals surface area contributed by atoms with Crippen LogP contribution in [0.1, 0.15) is 25.3 Å². The third kappa shape index (κ3) is 4.12. The highest BCUT2D eigenvalue weighted by Gasteiger charge is 2.08. The van der Waals surface area contributed by atoms with Gasteiger partial charge in [-0.1, -0.05) is 37.3 Å². The van der Waals surface area contributed by atoms with E-state index in [2.05, 4.69) is 5.32 Å². The van der Waals surface area contributed by atoms with Gasteiger partial charge in [0.1, 0.15) is 11.5 Å². The van der Waals surface area contributed by atoms with Crippen molar-refractivity contribution >= 4 is 17.4 Å². The van der Waals surface area contributed by atoms with Gasteiger partial charge in [-0.05, 0) is 36.3 Å². The summed E-state index contributed by atoms with van der Waals surface area (Å²) in [6.07, 6.45) is 12.1. The first-order chi connectivity index (χ1) is 10.6. The summed E-state index contributed by atoms with van der Waals surface area (Å²) in [5, 5.41) is 22.7. The van der Waals surface area contributed by atoms with Crippen LogP contribution >= 0.6 is 0 Å². The van der Waals surface area contributed by atoms with Crippen LogP contribution < -0.4 is 5.32 Å². The smallest absolute Gasteiger partial charge is 0.224 e. The molecule has 1 aromatic carbocycles. The van der Waals surface area contributed by atoms with E-state index in [1.807, 2.05) is 31.2 Å². The first-order valence-electron chi connectivity index (χ1n) is 7.19. The fourth-order valence-electron chi connectivity index (χ4n) is 2.03. The van der Waals surface area contributed by atoms with Gasteiger partial charge in [0, 0.05) is 12.1 Å². The topological polar surface area (TPSA) is 69.6 Å². The van der Waals surface area contributed by atoms with E-state index in [4.69, 9.17) is 0 Å². The Kier molecular flexibility index (Phi) is 5.20. The second-order valence-corrected chi connectivity index (χ2v) is 4.97. The molecule has 4 heteroatoms. The zero-order chi connectivity index (χ0) is 15.9. The number of amides is 1. The first-order valence-corrected chi connectivity index (χ1v) is 7.19. The Hall–Kier alpha value is -2.75. The zero-order valence-corrected chi connectivity index (χ0v) is 12.4. The van der Waals surface area contributed by atoms with Crippen LogP contribution in [0.5, 0.6) is 5.75 Å². The summed E-state index contributed by atoms with van der Waals surface area (Å²) >= 11 is 0. The van der Waals surface area contributed by atoms with E-state index >= 15 is 0 Å². The molecule has 4 nitrogen and oxygen atoms in total. The van der Waals surface area contributed by atoms with Crippen molar-refractivity contribution in [2.75, 3.05) is 5.32 Å². The standard InChI is InChI=1S/C18H19NO3/c1-2-5-18(22)19-14-9-11-17(21)15(12-14)16(20)10-8-13-6-3-4-7-13/h3-4,6-12,20-21H,2,5H2,1H3,(H,19,22). The van der Waals surface area contributed by atoms with E-state index in [-0.39, 0.29) is 23.0 Å². The maximum absolute atomic E-state index is 11.6. The maximum atomic E-state index is 11.6. The minimum atomic E-state index is -0.0917. The van der Waals surface area contributed by atoms with Crippen LogP contribution in [0.3, 0.4) is 0 Å². The van der Waals surface area contributed by atoms with E-state index < -0.39 is 0 Å². The molecule has 1 amide bonds. The molecule has 22 heavy (non-hydrogen) atoms. The predicted octanol–water partition coefficient (Wildman–Crippen LogP) is 4.08. The number of aliphatic hydroxyl groups is 1. The number of anilines is 1. The molecule has 0 saturated carbocycles. The molecule has 0 unspecified atom stereocenters. The van der Waals surface area contributed by atoms with Crippen LogP contribution in [0.15, 0.2) is 60.2 Å². The van der Waals surface area contributed by atoms with Crippen molar-refractivity contribution in [1.29, 1.82) is 0 Å². The van der Waals surface area contributed by atoms with Crippen molar-refractivity contribution in [2.45, 2.75) is 19.8 Å². The van der Waals surface area contributed by atoms with Crippen molar-refractivity contribution in [3.8, 4) is 5.75 Å². The molecule has 2 rings (SSSR count). The molecule has 0 fully saturated rings. The fraction of sp³-hybridized carbons (Fsp3) is 0.167. The minimum Gasteiger partial charge on any atom is -0.507 e. The number of hydrogen-bond acceptors (Lipinski definition) is 3. The molecule has 0 radical (unpaired) electrons. The van der Waals surface area contributed by atoms with Crippen LogP contribution in [0.4, 0.5) is 5.69 Å². The van der Waals surface area contributed by atoms with Crippen molar-refractivity contribution in [1.82, 2.24) is 0 Å². The molecule has 114 valence electrons. The minimum absolute atomic E-state index is 0.0434. The van der Waals surface area contributed by atoms with Gasteiger partial charge in [0.2, 0.25) is 5.91 Å². The third-order valence-electron chi connectivity index (χ3n) is 3.16. The van der Waals surface area contributed by atoms with E-state index in [1.165, 1.54) is 12.1 Å². The van der Waals surface area contributed by atoms with Crippen LogP contribution in [-0.2, 0) is 4.79 Å². The fourth-order valence-corrected chi connectivity index (χ4v) is 2.03. The Morgan fingerprint density at radius 1 is 1.27 bits per heavy atom. The second-order valence-electron chi connectivity index (χ2n) is 4.97. The Morgan fingerprint density at radius 2 is 2.00 bits per heavy atom. The van der Waals surface area contributed by atoms with E-state index in [0.29, 0.717) is 12.1 Å². The van der Waals surface area contributed by atoms with E-state index in [1.54, 1.807) is 18.2 Å². The molecule has 0 saturated heterocycles. The number of hydrogen-bond donors (Lipinski definition) is 3. The molecule has 3 N–H and O–H groups in total. The summed E-state index contributed by atoms with van der Waals surface area (Å²) in [6, 6.07) is 4.59. The summed E-state index contributed by atoms with van der Waals surface area (Å²) < 4.78 is 0. The van der Waals surface area contributed by atoms with Crippen LogP contribution in [-0.4, -0.2) is 16.1 Å². The van der Waals surface area contributed by atoms with Crippen LogP contribution in [0, 0.1) is 0 Å². The van der Waals surface area contributed by atoms with Gasteiger partial charge in [-0.2, -0.15) is 0 Å². The quantitative estimate of drug-likeness (QED) is 0.566. The number of carbonyl (C=O) groups excluding carboxylic acids is 1. The number of aromatic hydroxyl groups is 1. The second kappa shape index (κ2) is 7.31. The largest absolute Gasteiger partial charge is 0.507 e. The Morgan fingerprint density at radius 3 is 2.68 bits per heavy atom. The van der Waals surface area contributed by atoms with Crippen molar-refractivity contribution in [3.05, 3.63) is 65.8 Å². The van der Waals surface area contributed by atoms with Crippen molar-refractivity contribution < 1.29 is 15.0 Å². The molecule has 1 aliphatic rings. The monoisotopic (exact) mass is 297 g/mol. The number of phenolic OH excluding ortho intramolecular Hbond substituents is 1. The average Bonchev–Trinajstić information content (AvgIpc) is 3.00. The van der Waals surface area contributed by atoms with Gasteiger partial charge in [-0.15, -0.1) is 0 Å². The lowest BCUT2D eigenvalue weighted by Crippen LogP contribution is -2.10. The Balaban J connectivity index is 2.20. The van der Waals surface area contributed by atoms with Gasteiger partial charge in [-0.3, -0.25) is 4.79 Å². The Bertz CT molecular complexity index is 668. The summed E-state index contributed by atoms with van der Waals surface area (Å²) in [5.41, 5.74) is 1.77. The lowest BCUT2D eigenvalue weighted by Gasteiger charge is -2.08. The SMILES string of the molecule is CCCC(=O)Nc1ccc(O)c(C(O)=CC=C2C=CC=C2)c1. The molecule has 0 heterocycles. The zero-order valence-electron chi connectivity index (χ0n) is 12.4. The van der Waals surface area contributed by atoms with Gasteiger partial charge in [0.05, 0.1) is 5.56 Å². The number of nitrogens with one attached hydrogen (secondary N) is 1. The molecular formula is C18H19NO3. The number of aliphatic hydroxyl groups excluding tert-OH is 1. The summed E-state index contributed by atoms with van der Waals surface area (Å²) in [6.45, 7) is 1.93. The number of benzene rings is 1. The lowest BCUT2D eigenvalue weighted by atomic mass is 10.1. The van der Waals surface area contributed by atoms with E-state index in [0.717, 1.165) is 12.0 Å². The normalized spacial score (nSPS) is 13.5. The summed E-state index contributed by atoms with van der Waals surface area (Å²) in [7, 11) is 0. The number of phenols is 1. The molecule has 1 aliphatic carbocycles. The van der Waals surface area contributed by atoms with Gasteiger partial charge < -0.3 is 15.5 Å². The summed E-state index contributed by atoms with van der Waals surface area (Å²) in [4.78, 5) is 11.6. The third-order valence-corrected chi connectivity index (χ3v) is 3.16. The molecule has 0 aliphatic heterocycles. The highest BCUT2D eigenvalue weighted by molar-refractivity contribution is 5.91. The van der Waals surface area contributed by atoms with Gasteiger partial charge >= 0.3 is 0 Å². The highest BCUT2D eigenvalue weighted by Crippen LogP contribution is 2.27. The van der Waals surface area contributed by atoms with Crippen LogP contribution in [0.2, 0.25) is 0 Å². The van der Waals surface area contributed by atoms with Crippen molar-refractivity contribution in [3.63, 3.8) is 0 Å². The van der Waals surface area contributed by atoms with Gasteiger partial charge in [0.25, 0.3) is 0 Å². The highest BCUT2D eigenvalue weighted by atomic mass is 16.3. The van der Waals surface area contributed by atoms with Gasteiger partial charge in [-0.25, -0.2) is 0 Å². The number of rotatable bonds is 5. The average molecular weight is 297 g/mol. The maximum Gasteiger partial charge on any atom is 0.224 e. The molecule has 1 aromatic rings. The predicted molar refractivity (Wildman–Crippen MR) is 88.6 cm³/mol. The molecule has 0 aromatic heterocycles. The molecule has 0 spiro atoms. The first kappa shape index (κ1) is 15.6.